The fourth-order valence-corrected chi connectivity index (χ4v) is 6.28. The van der Waals surface area contributed by atoms with Gasteiger partial charge in [-0.25, -0.2) is 0 Å². The smallest absolute Gasteiger partial charge is 0.255 e. The van der Waals surface area contributed by atoms with Gasteiger partial charge in [-0.1, -0.05) is 61.7 Å². The quantitative estimate of drug-likeness (QED) is 0.459. The highest BCUT2D eigenvalue weighted by Crippen LogP contribution is 2.30. The average molecular weight is 486 g/mol. The minimum Gasteiger partial charge on any atom is -0.337 e. The monoisotopic (exact) mass is 485 g/mol. The molecule has 5 nitrogen and oxygen atoms in total. The molecule has 5 heteroatoms. The molecule has 3 aromatic rings. The van der Waals surface area contributed by atoms with Gasteiger partial charge in [-0.2, -0.15) is 0 Å². The Morgan fingerprint density at radius 2 is 1.75 bits per heavy atom. The Labute approximate surface area is 214 Å². The van der Waals surface area contributed by atoms with Crippen LogP contribution in [0.2, 0.25) is 0 Å². The minimum atomic E-state index is -0.00377. The van der Waals surface area contributed by atoms with Crippen LogP contribution in [0.25, 0.3) is 10.9 Å². The molecule has 2 aromatic carbocycles. The van der Waals surface area contributed by atoms with Gasteiger partial charge in [0.25, 0.3) is 5.56 Å². The molecule has 2 aliphatic rings. The second-order valence-electron chi connectivity index (χ2n) is 10.8. The number of benzene rings is 2. The van der Waals surface area contributed by atoms with Gasteiger partial charge in [0.05, 0.1) is 12.1 Å². The third-order valence-electron chi connectivity index (χ3n) is 8.42. The molecule has 1 amide bonds. The van der Waals surface area contributed by atoms with Gasteiger partial charge in [0.15, 0.2) is 0 Å². The summed E-state index contributed by atoms with van der Waals surface area (Å²) in [6, 6.07) is 18.7. The zero-order valence-corrected chi connectivity index (χ0v) is 21.8. The van der Waals surface area contributed by atoms with E-state index in [9.17, 15) is 9.59 Å². The molecule has 190 valence electrons. The lowest BCUT2D eigenvalue weighted by atomic mass is 9.88. The van der Waals surface area contributed by atoms with E-state index < -0.39 is 0 Å². The molecule has 5 rings (SSSR count). The summed E-state index contributed by atoms with van der Waals surface area (Å²) < 4.78 is 1.72. The Morgan fingerprint density at radius 3 is 2.56 bits per heavy atom. The van der Waals surface area contributed by atoms with Crippen molar-refractivity contribution in [1.82, 2.24) is 14.4 Å². The zero-order chi connectivity index (χ0) is 25.1. The molecule has 1 saturated heterocycles. The summed E-state index contributed by atoms with van der Waals surface area (Å²) in [5.74, 6) is 0.891. The third kappa shape index (κ3) is 5.27. The number of carbonyl (C=O) groups is 1. The topological polar surface area (TPSA) is 45.5 Å². The van der Waals surface area contributed by atoms with Crippen LogP contribution in [0.15, 0.2) is 59.4 Å². The first kappa shape index (κ1) is 24.8. The summed E-state index contributed by atoms with van der Waals surface area (Å²) >= 11 is 0. The molecule has 1 atom stereocenters. The predicted octanol–water partition coefficient (Wildman–Crippen LogP) is 5.25. The predicted molar refractivity (Wildman–Crippen MR) is 146 cm³/mol. The Morgan fingerprint density at radius 1 is 1.00 bits per heavy atom. The lowest BCUT2D eigenvalue weighted by Crippen LogP contribution is -2.42. The van der Waals surface area contributed by atoms with Crippen LogP contribution < -0.4 is 5.56 Å². The first-order chi connectivity index (χ1) is 17.5. The summed E-state index contributed by atoms with van der Waals surface area (Å²) in [6.45, 7) is 6.21. The first-order valence-electron chi connectivity index (χ1n) is 13.7. The lowest BCUT2D eigenvalue weighted by molar-refractivity contribution is -0.137. The van der Waals surface area contributed by atoms with Gasteiger partial charge in [-0.3, -0.25) is 9.59 Å². The standard InChI is InChI=1S/C31H39N3O2/c1-23-10-6-8-14-28(23)26-16-17-33(21-26)18-19-34(31(36)24-11-4-3-5-12-24)22-27-20-25-13-7-9-15-29(25)32(2)30(27)35/h6-10,13-15,20,24,26H,3-5,11-12,16-19,21-22H2,1-2H3. The zero-order valence-electron chi connectivity index (χ0n) is 21.8. The van der Waals surface area contributed by atoms with Crippen LogP contribution in [-0.2, 0) is 18.4 Å². The molecule has 1 unspecified atom stereocenters. The second kappa shape index (κ2) is 11.0. The van der Waals surface area contributed by atoms with Crippen molar-refractivity contribution >= 4 is 16.8 Å². The van der Waals surface area contributed by atoms with Crippen LogP contribution >= 0.6 is 0 Å². The van der Waals surface area contributed by atoms with Crippen LogP contribution in [0.4, 0.5) is 0 Å². The van der Waals surface area contributed by atoms with Crippen LogP contribution in [0.1, 0.15) is 61.1 Å². The molecule has 1 aliphatic heterocycles. The molecule has 1 aromatic heterocycles. The Bertz CT molecular complexity index is 1270. The van der Waals surface area contributed by atoms with Gasteiger partial charge in [0.1, 0.15) is 0 Å². The number of hydrogen-bond acceptors (Lipinski definition) is 3. The molecule has 1 saturated carbocycles. The number of aryl methyl sites for hydroxylation is 2. The number of amides is 1. The van der Waals surface area contributed by atoms with E-state index in [1.807, 2.05) is 42.3 Å². The van der Waals surface area contributed by atoms with Crippen molar-refractivity contribution in [3.8, 4) is 0 Å². The Balaban J connectivity index is 1.33. The van der Waals surface area contributed by atoms with Crippen molar-refractivity contribution in [3.05, 3.63) is 81.6 Å². The largest absolute Gasteiger partial charge is 0.337 e. The van der Waals surface area contributed by atoms with Crippen LogP contribution in [0.5, 0.6) is 0 Å². The maximum atomic E-state index is 13.7. The number of nitrogens with zero attached hydrogens (tertiary/aromatic N) is 3. The van der Waals surface area contributed by atoms with Crippen LogP contribution in [0.3, 0.4) is 0 Å². The summed E-state index contributed by atoms with van der Waals surface area (Å²) in [5.41, 5.74) is 4.45. The number of pyridine rings is 1. The van der Waals surface area contributed by atoms with Crippen LogP contribution in [-0.4, -0.2) is 46.5 Å². The van der Waals surface area contributed by atoms with Gasteiger partial charge in [0.2, 0.25) is 5.91 Å². The van der Waals surface area contributed by atoms with Crippen molar-refractivity contribution in [3.63, 3.8) is 0 Å². The van der Waals surface area contributed by atoms with E-state index in [1.54, 1.807) is 4.57 Å². The van der Waals surface area contributed by atoms with Gasteiger partial charge >= 0.3 is 0 Å². The molecule has 0 bridgehead atoms. The summed E-state index contributed by atoms with van der Waals surface area (Å²) in [4.78, 5) is 31.4. The third-order valence-corrected chi connectivity index (χ3v) is 8.42. The Kier molecular flexibility index (Phi) is 7.56. The molecule has 2 fully saturated rings. The summed E-state index contributed by atoms with van der Waals surface area (Å²) in [5, 5.41) is 1.04. The van der Waals surface area contributed by atoms with Gasteiger partial charge < -0.3 is 14.4 Å². The number of para-hydroxylation sites is 1. The van der Waals surface area contributed by atoms with Crippen molar-refractivity contribution in [1.29, 1.82) is 0 Å². The fourth-order valence-electron chi connectivity index (χ4n) is 6.28. The van der Waals surface area contributed by atoms with Crippen molar-refractivity contribution in [2.45, 2.75) is 57.9 Å². The maximum absolute atomic E-state index is 13.7. The van der Waals surface area contributed by atoms with E-state index in [4.69, 9.17) is 0 Å². The number of aromatic nitrogens is 1. The lowest BCUT2D eigenvalue weighted by Gasteiger charge is -2.31. The van der Waals surface area contributed by atoms with Crippen molar-refractivity contribution in [2.24, 2.45) is 13.0 Å². The van der Waals surface area contributed by atoms with E-state index >= 15 is 0 Å². The number of hydrogen-bond donors (Lipinski definition) is 0. The summed E-state index contributed by atoms with van der Waals surface area (Å²) in [7, 11) is 1.83. The van der Waals surface area contributed by atoms with Gasteiger partial charge in [-0.05, 0) is 67.3 Å². The molecule has 0 N–H and O–H groups in total. The second-order valence-corrected chi connectivity index (χ2v) is 10.8. The number of fused-ring (bicyclic) bond motifs is 1. The van der Waals surface area contributed by atoms with E-state index in [2.05, 4.69) is 36.1 Å². The summed E-state index contributed by atoms with van der Waals surface area (Å²) in [6.07, 6.45) is 6.60. The van der Waals surface area contributed by atoms with Crippen LogP contribution in [0, 0.1) is 12.8 Å². The number of likely N-dealkylation sites (tertiary alicyclic amines) is 1. The van der Waals surface area contributed by atoms with E-state index in [-0.39, 0.29) is 17.4 Å². The van der Waals surface area contributed by atoms with Crippen molar-refractivity contribution in [2.75, 3.05) is 26.2 Å². The molecule has 2 heterocycles. The number of carbonyl (C=O) groups excluding carboxylic acids is 1. The molecule has 0 spiro atoms. The highest BCUT2D eigenvalue weighted by atomic mass is 16.2. The number of rotatable bonds is 7. The molecule has 36 heavy (non-hydrogen) atoms. The van der Waals surface area contributed by atoms with E-state index in [1.165, 1.54) is 17.5 Å². The molecule has 0 radical (unpaired) electrons. The minimum absolute atomic E-state index is 0.00377. The highest BCUT2D eigenvalue weighted by molar-refractivity contribution is 5.81. The van der Waals surface area contributed by atoms with Crippen molar-refractivity contribution < 1.29 is 4.79 Å². The van der Waals surface area contributed by atoms with E-state index in [0.717, 1.165) is 62.6 Å². The Hall–Kier alpha value is -2.92. The average Bonchev–Trinajstić information content (AvgIpc) is 3.38. The van der Waals surface area contributed by atoms with Gasteiger partial charge in [0, 0.05) is 38.2 Å². The molecular weight excluding hydrogens is 446 g/mol. The maximum Gasteiger partial charge on any atom is 0.255 e. The normalized spacial score (nSPS) is 19.1. The molecule has 1 aliphatic carbocycles. The van der Waals surface area contributed by atoms with Gasteiger partial charge in [-0.15, -0.1) is 0 Å². The first-order valence-corrected chi connectivity index (χ1v) is 13.7. The highest BCUT2D eigenvalue weighted by Gasteiger charge is 2.29. The fraction of sp³-hybridized carbons (Fsp3) is 0.484. The SMILES string of the molecule is Cc1ccccc1C1CCN(CCN(Cc2cc3ccccc3n(C)c2=O)C(=O)C2CCCCC2)C1. The molecular formula is C31H39N3O2. The van der Waals surface area contributed by atoms with E-state index in [0.29, 0.717) is 24.6 Å².